The zero-order valence-electron chi connectivity index (χ0n) is 9.27. The number of rotatable bonds is 3. The summed E-state index contributed by atoms with van der Waals surface area (Å²) in [6, 6.07) is 5.22. The second-order valence-electron chi connectivity index (χ2n) is 3.87. The van der Waals surface area contributed by atoms with E-state index in [1.807, 2.05) is 38.4 Å². The molecule has 0 fully saturated rings. The Bertz CT molecular complexity index is 513. The number of hydrogen-bond donors (Lipinski definition) is 2. The third kappa shape index (κ3) is 2.31. The van der Waals surface area contributed by atoms with Crippen LogP contribution < -0.4 is 11.0 Å². The lowest BCUT2D eigenvalue weighted by atomic mass is 10.2. The molecular formula is C11H14N4O. The van der Waals surface area contributed by atoms with Crippen molar-refractivity contribution in [1.29, 1.82) is 0 Å². The lowest BCUT2D eigenvalue weighted by Gasteiger charge is -2.09. The molecule has 0 aromatic carbocycles. The lowest BCUT2D eigenvalue weighted by Crippen LogP contribution is -2.16. The van der Waals surface area contributed by atoms with Crippen LogP contribution in [0.25, 0.3) is 0 Å². The standard InChI is InChI=1S/C11H14N4O/c1-8(2)11-12-9(7-10(16)13-11)14-15-5-3-4-6-15/h3-8H,1-2H3,(H2,12,13,14,16). The fraction of sp³-hybridized carbons (Fsp3) is 0.273. The fourth-order valence-electron chi connectivity index (χ4n) is 1.35. The van der Waals surface area contributed by atoms with Gasteiger partial charge < -0.3 is 4.98 Å². The number of nitrogens with one attached hydrogen (secondary N) is 2. The third-order valence-corrected chi connectivity index (χ3v) is 2.15. The van der Waals surface area contributed by atoms with E-state index in [0.717, 1.165) is 0 Å². The maximum absolute atomic E-state index is 11.4. The fourth-order valence-corrected chi connectivity index (χ4v) is 1.35. The van der Waals surface area contributed by atoms with Crippen LogP contribution in [0.5, 0.6) is 0 Å². The highest BCUT2D eigenvalue weighted by molar-refractivity contribution is 5.33. The maximum atomic E-state index is 11.4. The highest BCUT2D eigenvalue weighted by Crippen LogP contribution is 2.09. The Labute approximate surface area is 93.1 Å². The van der Waals surface area contributed by atoms with Crippen LogP contribution in [-0.2, 0) is 0 Å². The summed E-state index contributed by atoms with van der Waals surface area (Å²) >= 11 is 0. The van der Waals surface area contributed by atoms with Gasteiger partial charge in [0.2, 0.25) is 0 Å². The first-order valence-electron chi connectivity index (χ1n) is 5.16. The van der Waals surface area contributed by atoms with E-state index in [0.29, 0.717) is 11.6 Å². The van der Waals surface area contributed by atoms with E-state index in [-0.39, 0.29) is 11.5 Å². The van der Waals surface area contributed by atoms with Crippen LogP contribution in [0.2, 0.25) is 0 Å². The van der Waals surface area contributed by atoms with Crippen molar-refractivity contribution in [3.63, 3.8) is 0 Å². The SMILES string of the molecule is CC(C)c1nc(Nn2cccc2)cc(=O)[nH]1. The second kappa shape index (κ2) is 4.22. The summed E-state index contributed by atoms with van der Waals surface area (Å²) in [4.78, 5) is 18.4. The molecule has 2 N–H and O–H groups in total. The lowest BCUT2D eigenvalue weighted by molar-refractivity contribution is 0.763. The zero-order valence-corrected chi connectivity index (χ0v) is 9.27. The van der Waals surface area contributed by atoms with Crippen molar-refractivity contribution in [1.82, 2.24) is 14.6 Å². The van der Waals surface area contributed by atoms with Gasteiger partial charge in [0, 0.05) is 24.4 Å². The first-order valence-corrected chi connectivity index (χ1v) is 5.16. The van der Waals surface area contributed by atoms with Crippen molar-refractivity contribution >= 4 is 5.82 Å². The van der Waals surface area contributed by atoms with Crippen LogP contribution in [0.4, 0.5) is 5.82 Å². The van der Waals surface area contributed by atoms with Gasteiger partial charge in [0.25, 0.3) is 5.56 Å². The van der Waals surface area contributed by atoms with Gasteiger partial charge in [-0.1, -0.05) is 13.8 Å². The van der Waals surface area contributed by atoms with E-state index in [9.17, 15) is 4.79 Å². The van der Waals surface area contributed by atoms with Gasteiger partial charge in [0.15, 0.2) is 5.82 Å². The van der Waals surface area contributed by atoms with Crippen LogP contribution >= 0.6 is 0 Å². The average Bonchev–Trinajstić information content (AvgIpc) is 2.69. The molecule has 2 rings (SSSR count). The van der Waals surface area contributed by atoms with Crippen LogP contribution in [0, 0.1) is 0 Å². The third-order valence-electron chi connectivity index (χ3n) is 2.15. The van der Waals surface area contributed by atoms with Crippen molar-refractivity contribution in [3.05, 3.63) is 46.8 Å². The summed E-state index contributed by atoms with van der Waals surface area (Å²) in [5.41, 5.74) is 2.86. The smallest absolute Gasteiger partial charge is 0.253 e. The van der Waals surface area contributed by atoms with E-state index >= 15 is 0 Å². The Kier molecular flexibility index (Phi) is 2.76. The molecule has 5 heteroatoms. The highest BCUT2D eigenvalue weighted by atomic mass is 16.1. The van der Waals surface area contributed by atoms with Crippen molar-refractivity contribution in [2.45, 2.75) is 19.8 Å². The number of anilines is 1. The minimum atomic E-state index is -0.145. The summed E-state index contributed by atoms with van der Waals surface area (Å²) in [7, 11) is 0. The second-order valence-corrected chi connectivity index (χ2v) is 3.87. The molecule has 2 heterocycles. The monoisotopic (exact) mass is 218 g/mol. The van der Waals surface area contributed by atoms with E-state index < -0.39 is 0 Å². The molecule has 2 aromatic heterocycles. The van der Waals surface area contributed by atoms with Crippen molar-refractivity contribution in [2.24, 2.45) is 0 Å². The average molecular weight is 218 g/mol. The Morgan fingerprint density at radius 3 is 2.69 bits per heavy atom. The van der Waals surface area contributed by atoms with E-state index in [4.69, 9.17) is 0 Å². The number of nitrogens with zero attached hydrogens (tertiary/aromatic N) is 2. The van der Waals surface area contributed by atoms with Gasteiger partial charge in [-0.25, -0.2) is 4.98 Å². The molecule has 0 saturated heterocycles. The molecule has 16 heavy (non-hydrogen) atoms. The largest absolute Gasteiger partial charge is 0.310 e. The molecule has 84 valence electrons. The predicted octanol–water partition coefficient (Wildman–Crippen LogP) is 1.57. The predicted molar refractivity (Wildman–Crippen MR) is 62.4 cm³/mol. The first-order chi connectivity index (χ1) is 7.65. The van der Waals surface area contributed by atoms with Gasteiger partial charge >= 0.3 is 0 Å². The van der Waals surface area contributed by atoms with Gasteiger partial charge in [0.1, 0.15) is 5.82 Å². The van der Waals surface area contributed by atoms with Crippen molar-refractivity contribution < 1.29 is 0 Å². The first kappa shape index (κ1) is 10.5. The molecule has 0 aliphatic rings. The topological polar surface area (TPSA) is 62.7 Å². The summed E-state index contributed by atoms with van der Waals surface area (Å²) in [5, 5.41) is 0. The van der Waals surface area contributed by atoms with E-state index in [1.165, 1.54) is 6.07 Å². The number of hydrogen-bond acceptors (Lipinski definition) is 3. The molecule has 0 aliphatic heterocycles. The number of H-pyrrole nitrogens is 1. The Morgan fingerprint density at radius 1 is 1.38 bits per heavy atom. The van der Waals surface area contributed by atoms with Crippen LogP contribution in [-0.4, -0.2) is 14.6 Å². The summed E-state index contributed by atoms with van der Waals surface area (Å²) in [5.74, 6) is 1.42. The van der Waals surface area contributed by atoms with Crippen molar-refractivity contribution in [2.75, 3.05) is 5.43 Å². The summed E-state index contributed by atoms with van der Waals surface area (Å²) < 4.78 is 1.74. The summed E-state index contributed by atoms with van der Waals surface area (Å²) in [6.45, 7) is 3.97. The molecular weight excluding hydrogens is 204 g/mol. The quantitative estimate of drug-likeness (QED) is 0.822. The van der Waals surface area contributed by atoms with Gasteiger partial charge in [-0.05, 0) is 12.1 Å². The summed E-state index contributed by atoms with van der Waals surface area (Å²) in [6.07, 6.45) is 3.69. The Balaban J connectivity index is 2.31. The molecule has 0 amide bonds. The molecule has 0 saturated carbocycles. The molecule has 0 unspecified atom stereocenters. The molecule has 5 nitrogen and oxygen atoms in total. The van der Waals surface area contributed by atoms with Gasteiger partial charge in [0.05, 0.1) is 0 Å². The maximum Gasteiger partial charge on any atom is 0.253 e. The zero-order chi connectivity index (χ0) is 11.5. The van der Waals surface area contributed by atoms with E-state index in [2.05, 4.69) is 15.4 Å². The normalized spacial score (nSPS) is 10.7. The molecule has 0 aliphatic carbocycles. The van der Waals surface area contributed by atoms with Gasteiger partial charge in [-0.2, -0.15) is 0 Å². The number of aromatic nitrogens is 3. The number of aromatic amines is 1. The molecule has 0 bridgehead atoms. The molecule has 0 spiro atoms. The Morgan fingerprint density at radius 2 is 2.06 bits per heavy atom. The minimum absolute atomic E-state index is 0.145. The minimum Gasteiger partial charge on any atom is -0.310 e. The van der Waals surface area contributed by atoms with Crippen LogP contribution in [0.1, 0.15) is 25.6 Å². The molecule has 0 radical (unpaired) electrons. The van der Waals surface area contributed by atoms with Crippen molar-refractivity contribution in [3.8, 4) is 0 Å². The van der Waals surface area contributed by atoms with Gasteiger partial charge in [-0.3, -0.25) is 14.9 Å². The highest BCUT2D eigenvalue weighted by Gasteiger charge is 2.04. The molecule has 0 atom stereocenters. The Hall–Kier alpha value is -2.04. The molecule has 2 aromatic rings. The van der Waals surface area contributed by atoms with Gasteiger partial charge in [-0.15, -0.1) is 0 Å². The van der Waals surface area contributed by atoms with Crippen LogP contribution in [0.3, 0.4) is 0 Å². The van der Waals surface area contributed by atoms with E-state index in [1.54, 1.807) is 4.68 Å². The van der Waals surface area contributed by atoms with Crippen LogP contribution in [0.15, 0.2) is 35.4 Å².